The fourth-order valence-corrected chi connectivity index (χ4v) is 14.6. The number of aromatic nitrogens is 2. The first-order chi connectivity index (χ1) is 24.9. The van der Waals surface area contributed by atoms with Gasteiger partial charge in [-0.15, -0.1) is 0 Å². The van der Waals surface area contributed by atoms with E-state index in [2.05, 4.69) is 164 Å². The van der Waals surface area contributed by atoms with Crippen molar-refractivity contribution in [1.29, 1.82) is 0 Å². The Kier molecular flexibility index (Phi) is 5.01. The van der Waals surface area contributed by atoms with E-state index >= 15 is 0 Å². The summed E-state index contributed by atoms with van der Waals surface area (Å²) in [6, 6.07) is 55.0. The SMILES string of the molecule is c1ccc2c(c1)B1N(c3ccccc3-2)c2c3[se]c4ccccc4n4c3c(c3[se]c5ccccc5n1c23)N1B4c2ccccc2-c2ccccc21. The summed E-state index contributed by atoms with van der Waals surface area (Å²) < 4.78 is 11.4. The Morgan fingerprint density at radius 3 is 1.24 bits per heavy atom. The van der Waals surface area contributed by atoms with Crippen LogP contribution in [-0.4, -0.2) is 51.9 Å². The van der Waals surface area contributed by atoms with E-state index in [4.69, 9.17) is 0 Å². The average Bonchev–Trinajstić information content (AvgIpc) is 3.74. The molecule has 0 fully saturated rings. The fraction of sp³-hybridized carbons (Fsp3) is 0. The van der Waals surface area contributed by atoms with Gasteiger partial charge in [0.2, 0.25) is 0 Å². The third kappa shape index (κ3) is 3.06. The Morgan fingerprint density at radius 1 is 0.380 bits per heavy atom. The van der Waals surface area contributed by atoms with Gasteiger partial charge in [-0.2, -0.15) is 0 Å². The molecule has 8 heteroatoms. The van der Waals surface area contributed by atoms with Crippen LogP contribution in [0.2, 0.25) is 0 Å². The van der Waals surface area contributed by atoms with E-state index < -0.39 is 0 Å². The molecule has 6 heterocycles. The monoisotopic (exact) mass is 766 g/mol. The van der Waals surface area contributed by atoms with Crippen LogP contribution >= 0.6 is 0 Å². The predicted octanol–water partition coefficient (Wildman–Crippen LogP) is 7.89. The zero-order chi connectivity index (χ0) is 32.2. The number of hydrogen-bond acceptors (Lipinski definition) is 2. The van der Waals surface area contributed by atoms with Gasteiger partial charge in [-0.3, -0.25) is 0 Å². The summed E-state index contributed by atoms with van der Waals surface area (Å²) in [7, 11) is 0. The second kappa shape index (κ2) is 9.37. The molecular formula is C42H24B2N4Se2. The molecule has 9 aromatic rings. The molecule has 0 amide bonds. The van der Waals surface area contributed by atoms with Crippen molar-refractivity contribution in [3.63, 3.8) is 0 Å². The van der Waals surface area contributed by atoms with Gasteiger partial charge < -0.3 is 0 Å². The molecule has 0 unspecified atom stereocenters. The van der Waals surface area contributed by atoms with E-state index in [-0.39, 0.29) is 43.0 Å². The molecule has 2 aromatic heterocycles. The van der Waals surface area contributed by atoms with E-state index in [9.17, 15) is 0 Å². The summed E-state index contributed by atoms with van der Waals surface area (Å²) in [5.74, 6) is 0. The number of nitrogens with zero attached hydrogens (tertiary/aromatic N) is 4. The summed E-state index contributed by atoms with van der Waals surface area (Å²) in [4.78, 5) is 5.47. The minimum atomic E-state index is 0.0393. The van der Waals surface area contributed by atoms with Gasteiger partial charge in [0.1, 0.15) is 0 Å². The van der Waals surface area contributed by atoms with Gasteiger partial charge in [-0.05, 0) is 0 Å². The third-order valence-corrected chi connectivity index (χ3v) is 16.2. The number of benzene rings is 7. The van der Waals surface area contributed by atoms with Crippen LogP contribution in [-0.2, 0) is 0 Å². The van der Waals surface area contributed by atoms with Crippen molar-refractivity contribution < 1.29 is 0 Å². The second-order valence-corrected chi connectivity index (χ2v) is 18.0. The summed E-state index contributed by atoms with van der Waals surface area (Å²) in [6.45, 7) is 0.0786. The van der Waals surface area contributed by atoms with Gasteiger partial charge in [0, 0.05) is 0 Å². The molecule has 4 nitrogen and oxygen atoms in total. The number of hydrogen-bond donors (Lipinski definition) is 0. The number of anilines is 4. The van der Waals surface area contributed by atoms with Crippen molar-refractivity contribution in [2.45, 2.75) is 0 Å². The molecule has 0 saturated heterocycles. The Morgan fingerprint density at radius 2 is 0.760 bits per heavy atom. The molecule has 0 atom stereocenters. The molecular weight excluding hydrogens is 740 g/mol. The van der Waals surface area contributed by atoms with Crippen molar-refractivity contribution in [1.82, 2.24) is 8.96 Å². The van der Waals surface area contributed by atoms with Crippen LogP contribution in [0, 0.1) is 0 Å². The Bertz CT molecular complexity index is 2850. The van der Waals surface area contributed by atoms with Gasteiger partial charge in [0.05, 0.1) is 0 Å². The Labute approximate surface area is 300 Å². The van der Waals surface area contributed by atoms with Gasteiger partial charge in [0.25, 0.3) is 0 Å². The molecule has 4 aliphatic rings. The van der Waals surface area contributed by atoms with E-state index in [1.165, 1.54) is 95.0 Å². The molecule has 4 aliphatic heterocycles. The predicted molar refractivity (Wildman–Crippen MR) is 214 cm³/mol. The van der Waals surface area contributed by atoms with Gasteiger partial charge >= 0.3 is 302 Å². The first-order valence-corrected chi connectivity index (χ1v) is 20.6. The maximum absolute atomic E-state index is 2.73. The van der Waals surface area contributed by atoms with Crippen molar-refractivity contribution in [2.75, 3.05) is 9.62 Å². The van der Waals surface area contributed by atoms with Gasteiger partial charge in [-0.25, -0.2) is 0 Å². The van der Waals surface area contributed by atoms with Crippen LogP contribution in [0.3, 0.4) is 0 Å². The van der Waals surface area contributed by atoms with E-state index in [0.717, 1.165) is 0 Å². The van der Waals surface area contributed by atoms with Crippen LogP contribution in [0.4, 0.5) is 22.7 Å². The Hall–Kier alpha value is -5.09. The zero-order valence-corrected chi connectivity index (χ0v) is 30.0. The van der Waals surface area contributed by atoms with E-state index in [0.29, 0.717) is 0 Å². The molecule has 0 radical (unpaired) electrons. The van der Waals surface area contributed by atoms with Gasteiger partial charge in [0.15, 0.2) is 0 Å². The van der Waals surface area contributed by atoms with Crippen LogP contribution in [0.25, 0.3) is 61.4 Å². The fourth-order valence-electron chi connectivity index (χ4n) is 9.49. The second-order valence-electron chi connectivity index (χ2n) is 13.6. The first kappa shape index (κ1) is 26.7. The molecule has 13 rings (SSSR count). The zero-order valence-electron chi connectivity index (χ0n) is 26.6. The molecule has 0 N–H and O–H groups in total. The summed E-state index contributed by atoms with van der Waals surface area (Å²) in [5, 5.41) is 0. The number of para-hydroxylation sites is 4. The molecule has 0 bridgehead atoms. The summed E-state index contributed by atoms with van der Waals surface area (Å²) in [6.07, 6.45) is 0. The number of rotatable bonds is 0. The standard InChI is InChI=1S/C42H24B2N4Se2/c1-5-17-29-25(13-1)27-15-3-7-19-31(27)45-37-39-42(49-35-23-11-9-21-33(35)47(39)43(29)45)38-40-41(37)50-36-24-12-10-22-34(36)48(40)44-30-18-6-2-14-26(30)28-16-4-8-20-32(28)46(38)44/h1-24H. The van der Waals surface area contributed by atoms with Crippen molar-refractivity contribution in [2.24, 2.45) is 0 Å². The molecule has 230 valence electrons. The summed E-state index contributed by atoms with van der Waals surface area (Å²) >= 11 is 0.206. The van der Waals surface area contributed by atoms with E-state index in [1.54, 1.807) is 0 Å². The molecule has 0 aliphatic carbocycles. The van der Waals surface area contributed by atoms with Crippen LogP contribution in [0.15, 0.2) is 146 Å². The first-order valence-electron chi connectivity index (χ1n) is 17.2. The van der Waals surface area contributed by atoms with Crippen molar-refractivity contribution >= 4 is 116 Å². The molecule has 7 aromatic carbocycles. The van der Waals surface area contributed by atoms with Crippen LogP contribution < -0.4 is 20.5 Å². The minimum absolute atomic E-state index is 0.0393. The third-order valence-electron chi connectivity index (χ3n) is 11.3. The summed E-state index contributed by atoms with van der Waals surface area (Å²) in [5.41, 5.74) is 19.1. The Balaban J connectivity index is 1.30. The average molecular weight is 764 g/mol. The molecule has 0 saturated carbocycles. The maximum atomic E-state index is 2.73. The van der Waals surface area contributed by atoms with Crippen LogP contribution in [0.5, 0.6) is 0 Å². The number of fused-ring (bicyclic) bond motifs is 22. The van der Waals surface area contributed by atoms with Crippen LogP contribution in [0.1, 0.15) is 0 Å². The van der Waals surface area contributed by atoms with Crippen molar-refractivity contribution in [3.05, 3.63) is 146 Å². The normalized spacial score (nSPS) is 14.2. The van der Waals surface area contributed by atoms with E-state index in [1.807, 2.05) is 0 Å². The quantitative estimate of drug-likeness (QED) is 0.116. The molecule has 50 heavy (non-hydrogen) atoms. The molecule has 0 spiro atoms. The topological polar surface area (TPSA) is 16.3 Å². The van der Waals surface area contributed by atoms with Crippen molar-refractivity contribution in [3.8, 4) is 22.3 Å². The van der Waals surface area contributed by atoms with Gasteiger partial charge in [-0.1, -0.05) is 0 Å².